The van der Waals surface area contributed by atoms with E-state index in [9.17, 15) is 4.79 Å². The number of nitrogens with one attached hydrogen (secondary N) is 3. The van der Waals surface area contributed by atoms with Crippen LogP contribution < -0.4 is 16.0 Å². The maximum absolute atomic E-state index is 11.6. The van der Waals surface area contributed by atoms with Gasteiger partial charge in [0.05, 0.1) is 13.2 Å². The van der Waals surface area contributed by atoms with E-state index < -0.39 is 0 Å². The first-order valence-electron chi connectivity index (χ1n) is 7.30. The monoisotopic (exact) mass is 295 g/mol. The summed E-state index contributed by atoms with van der Waals surface area (Å²) >= 11 is 0. The summed E-state index contributed by atoms with van der Waals surface area (Å²) < 4.78 is 4.88. The van der Waals surface area contributed by atoms with Crippen molar-refractivity contribution in [3.63, 3.8) is 0 Å². The van der Waals surface area contributed by atoms with Gasteiger partial charge in [-0.25, -0.2) is 9.97 Å². The fourth-order valence-corrected chi connectivity index (χ4v) is 1.72. The summed E-state index contributed by atoms with van der Waals surface area (Å²) in [5.41, 5.74) is 0. The van der Waals surface area contributed by atoms with Gasteiger partial charge in [0, 0.05) is 32.7 Å². The highest BCUT2D eigenvalue weighted by Crippen LogP contribution is 2.12. The normalized spacial score (nSPS) is 10.2. The maximum atomic E-state index is 11.6. The maximum Gasteiger partial charge on any atom is 0.239 e. The van der Waals surface area contributed by atoms with Crippen LogP contribution in [0.15, 0.2) is 6.07 Å². The minimum Gasteiger partial charge on any atom is -0.383 e. The van der Waals surface area contributed by atoms with Crippen molar-refractivity contribution in [3.8, 4) is 0 Å². The number of amides is 1. The Balaban J connectivity index is 2.57. The van der Waals surface area contributed by atoms with E-state index >= 15 is 0 Å². The lowest BCUT2D eigenvalue weighted by atomic mass is 10.3. The fraction of sp³-hybridized carbons (Fsp3) is 0.643. The van der Waals surface area contributed by atoms with Gasteiger partial charge in [-0.2, -0.15) is 0 Å². The number of aryl methyl sites for hydroxylation is 1. The quantitative estimate of drug-likeness (QED) is 0.559. The van der Waals surface area contributed by atoms with Crippen molar-refractivity contribution in [2.75, 3.05) is 44.0 Å². The zero-order valence-corrected chi connectivity index (χ0v) is 13.0. The Kier molecular flexibility index (Phi) is 8.11. The van der Waals surface area contributed by atoms with Gasteiger partial charge < -0.3 is 20.7 Å². The Morgan fingerprint density at radius 3 is 2.57 bits per heavy atom. The van der Waals surface area contributed by atoms with E-state index in [4.69, 9.17) is 4.74 Å². The van der Waals surface area contributed by atoms with E-state index in [1.54, 1.807) is 7.11 Å². The molecule has 118 valence electrons. The number of methoxy groups -OCH3 is 1. The van der Waals surface area contributed by atoms with Crippen LogP contribution >= 0.6 is 0 Å². The Bertz CT molecular complexity index is 415. The number of carbonyl (C=O) groups excluding carboxylic acids is 1. The van der Waals surface area contributed by atoms with Crippen LogP contribution in [0, 0.1) is 0 Å². The molecule has 0 atom stereocenters. The largest absolute Gasteiger partial charge is 0.383 e. The molecule has 0 unspecified atom stereocenters. The molecule has 3 N–H and O–H groups in total. The number of anilines is 2. The van der Waals surface area contributed by atoms with Crippen LogP contribution in [0.1, 0.15) is 26.1 Å². The van der Waals surface area contributed by atoms with E-state index in [1.807, 2.05) is 13.0 Å². The number of hydrogen-bond donors (Lipinski definition) is 3. The zero-order valence-electron chi connectivity index (χ0n) is 13.0. The van der Waals surface area contributed by atoms with Crippen LogP contribution in [0.2, 0.25) is 0 Å². The Morgan fingerprint density at radius 2 is 1.95 bits per heavy atom. The minimum absolute atomic E-state index is 0.0901. The summed E-state index contributed by atoms with van der Waals surface area (Å²) in [6.45, 7) is 6.07. The molecule has 0 bridgehead atoms. The minimum atomic E-state index is -0.0901. The Morgan fingerprint density at radius 1 is 1.24 bits per heavy atom. The highest BCUT2D eigenvalue weighted by atomic mass is 16.5. The van der Waals surface area contributed by atoms with Gasteiger partial charge >= 0.3 is 0 Å². The molecule has 1 aromatic heterocycles. The number of aromatic nitrogens is 2. The van der Waals surface area contributed by atoms with E-state index in [-0.39, 0.29) is 12.5 Å². The smallest absolute Gasteiger partial charge is 0.239 e. The molecular formula is C14H25N5O2. The second-order valence-corrected chi connectivity index (χ2v) is 4.53. The molecular weight excluding hydrogens is 270 g/mol. The van der Waals surface area contributed by atoms with Crippen molar-refractivity contribution in [2.45, 2.75) is 26.7 Å². The van der Waals surface area contributed by atoms with Crippen LogP contribution in [0.4, 0.5) is 11.6 Å². The first kappa shape index (κ1) is 17.2. The molecule has 0 spiro atoms. The van der Waals surface area contributed by atoms with Gasteiger partial charge in [0.25, 0.3) is 0 Å². The van der Waals surface area contributed by atoms with Gasteiger partial charge in [-0.15, -0.1) is 0 Å². The molecule has 0 radical (unpaired) electrons. The molecule has 1 aromatic rings. The van der Waals surface area contributed by atoms with Crippen LogP contribution in [0.3, 0.4) is 0 Å². The third kappa shape index (κ3) is 6.89. The van der Waals surface area contributed by atoms with Crippen molar-refractivity contribution in [2.24, 2.45) is 0 Å². The second kappa shape index (κ2) is 9.93. The second-order valence-electron chi connectivity index (χ2n) is 4.53. The summed E-state index contributed by atoms with van der Waals surface area (Å²) in [7, 11) is 1.60. The molecule has 1 rings (SSSR count). The Labute approximate surface area is 125 Å². The predicted molar refractivity (Wildman–Crippen MR) is 83.6 cm³/mol. The molecule has 0 aliphatic carbocycles. The number of hydrogen-bond acceptors (Lipinski definition) is 6. The first-order chi connectivity index (χ1) is 10.2. The summed E-state index contributed by atoms with van der Waals surface area (Å²) in [6, 6.07) is 1.81. The molecule has 21 heavy (non-hydrogen) atoms. The molecule has 0 saturated carbocycles. The van der Waals surface area contributed by atoms with Crippen molar-refractivity contribution >= 4 is 17.5 Å². The molecule has 0 aromatic carbocycles. The lowest BCUT2D eigenvalue weighted by molar-refractivity contribution is -0.119. The highest BCUT2D eigenvalue weighted by molar-refractivity contribution is 5.80. The summed E-state index contributed by atoms with van der Waals surface area (Å²) in [6.07, 6.45) is 1.79. The number of nitrogens with zero attached hydrogens (tertiary/aromatic N) is 2. The lowest BCUT2D eigenvalue weighted by Crippen LogP contribution is -2.32. The molecule has 7 heteroatoms. The molecule has 0 saturated heterocycles. The van der Waals surface area contributed by atoms with E-state index in [0.717, 1.165) is 31.0 Å². The van der Waals surface area contributed by atoms with Gasteiger partial charge in [0.1, 0.15) is 17.5 Å². The zero-order chi connectivity index (χ0) is 15.5. The van der Waals surface area contributed by atoms with Gasteiger partial charge in [-0.1, -0.05) is 6.92 Å². The van der Waals surface area contributed by atoms with Crippen molar-refractivity contribution < 1.29 is 9.53 Å². The molecule has 0 fully saturated rings. The Hall–Kier alpha value is -1.89. The van der Waals surface area contributed by atoms with E-state index in [2.05, 4.69) is 32.8 Å². The fourth-order valence-electron chi connectivity index (χ4n) is 1.72. The van der Waals surface area contributed by atoms with Crippen molar-refractivity contribution in [3.05, 3.63) is 11.9 Å². The average molecular weight is 295 g/mol. The van der Waals surface area contributed by atoms with Crippen LogP contribution in [-0.4, -0.2) is 49.2 Å². The van der Waals surface area contributed by atoms with Gasteiger partial charge in [-0.05, 0) is 13.3 Å². The number of ether oxygens (including phenoxy) is 1. The summed E-state index contributed by atoms with van der Waals surface area (Å²) in [5, 5.41) is 8.94. The van der Waals surface area contributed by atoms with E-state index in [0.29, 0.717) is 19.0 Å². The van der Waals surface area contributed by atoms with Gasteiger partial charge in [0.15, 0.2) is 0 Å². The standard InChI is InChI=1S/C14H25N5O2/c1-4-6-11-18-12(15-5-2)9-13(19-11)17-10-14(20)16-7-8-21-3/h9H,4-8,10H2,1-3H3,(H,16,20)(H2,15,17,18,19). The highest BCUT2D eigenvalue weighted by Gasteiger charge is 2.06. The van der Waals surface area contributed by atoms with Gasteiger partial charge in [0.2, 0.25) is 5.91 Å². The molecule has 7 nitrogen and oxygen atoms in total. The summed E-state index contributed by atoms with van der Waals surface area (Å²) in [4.78, 5) is 20.5. The molecule has 1 amide bonds. The molecule has 0 aliphatic heterocycles. The summed E-state index contributed by atoms with van der Waals surface area (Å²) in [5.74, 6) is 2.12. The van der Waals surface area contributed by atoms with Crippen molar-refractivity contribution in [1.29, 1.82) is 0 Å². The topological polar surface area (TPSA) is 88.2 Å². The molecule has 1 heterocycles. The number of carbonyl (C=O) groups is 1. The van der Waals surface area contributed by atoms with Crippen LogP contribution in [0.25, 0.3) is 0 Å². The van der Waals surface area contributed by atoms with E-state index in [1.165, 1.54) is 0 Å². The lowest BCUT2D eigenvalue weighted by Gasteiger charge is -2.10. The SMILES string of the molecule is CCCc1nc(NCC)cc(NCC(=O)NCCOC)n1. The first-order valence-corrected chi connectivity index (χ1v) is 7.30. The molecule has 0 aliphatic rings. The average Bonchev–Trinajstić information content (AvgIpc) is 2.46. The van der Waals surface area contributed by atoms with Crippen LogP contribution in [-0.2, 0) is 16.0 Å². The predicted octanol–water partition coefficient (Wildman–Crippen LogP) is 1.04. The van der Waals surface area contributed by atoms with Crippen LogP contribution in [0.5, 0.6) is 0 Å². The van der Waals surface area contributed by atoms with Gasteiger partial charge in [-0.3, -0.25) is 4.79 Å². The third-order valence-electron chi connectivity index (χ3n) is 2.66. The van der Waals surface area contributed by atoms with Crippen molar-refractivity contribution in [1.82, 2.24) is 15.3 Å². The third-order valence-corrected chi connectivity index (χ3v) is 2.66. The number of rotatable bonds is 10.